The molecule has 1 aliphatic heterocycles. The highest BCUT2D eigenvalue weighted by atomic mass is 16.4. The topological polar surface area (TPSA) is 113 Å². The predicted octanol–water partition coefficient (Wildman–Crippen LogP) is -3.61. The van der Waals surface area contributed by atoms with Gasteiger partial charge in [0.05, 0.1) is 24.9 Å². The van der Waals surface area contributed by atoms with Gasteiger partial charge in [0, 0.05) is 6.54 Å². The fourth-order valence-corrected chi connectivity index (χ4v) is 1.42. The van der Waals surface area contributed by atoms with E-state index in [9.17, 15) is 15.3 Å². The van der Waals surface area contributed by atoms with Crippen LogP contribution in [-0.4, -0.2) is 69.1 Å². The molecule has 1 rings (SSSR count). The molecule has 1 aliphatic rings. The molecule has 0 saturated carbocycles. The van der Waals surface area contributed by atoms with Crippen molar-refractivity contribution in [3.63, 3.8) is 0 Å². The number of β-amino-alcohol motifs (C(OH)–C–C–N with tert-alkyl or cyclic N) is 1. The Hall–Kier alpha value is -0.240. The van der Waals surface area contributed by atoms with Gasteiger partial charge in [0.2, 0.25) is 0 Å². The SMILES string of the molecule is OCC(O)C1NCC(O)C(O)C1O. The first-order valence-corrected chi connectivity index (χ1v) is 4.14. The number of nitrogens with one attached hydrogen (secondary N) is 1. The maximum atomic E-state index is 9.37. The number of piperidine rings is 1. The molecule has 0 aromatic rings. The van der Waals surface area contributed by atoms with Crippen LogP contribution in [0.1, 0.15) is 0 Å². The summed E-state index contributed by atoms with van der Waals surface area (Å²) in [5.41, 5.74) is 0. The van der Waals surface area contributed by atoms with Gasteiger partial charge in [-0.1, -0.05) is 0 Å². The van der Waals surface area contributed by atoms with Crippen LogP contribution in [0.15, 0.2) is 0 Å². The van der Waals surface area contributed by atoms with Crippen molar-refractivity contribution in [1.29, 1.82) is 0 Å². The van der Waals surface area contributed by atoms with E-state index in [1.165, 1.54) is 0 Å². The zero-order valence-electron chi connectivity index (χ0n) is 7.04. The molecule has 6 nitrogen and oxygen atoms in total. The number of hydrogen-bond donors (Lipinski definition) is 6. The van der Waals surface area contributed by atoms with Gasteiger partial charge in [-0.2, -0.15) is 0 Å². The van der Waals surface area contributed by atoms with E-state index < -0.39 is 37.1 Å². The van der Waals surface area contributed by atoms with Crippen LogP contribution in [-0.2, 0) is 0 Å². The first-order chi connectivity index (χ1) is 6.07. The van der Waals surface area contributed by atoms with E-state index in [0.717, 1.165) is 0 Å². The lowest BCUT2D eigenvalue weighted by atomic mass is 9.93. The summed E-state index contributed by atoms with van der Waals surface area (Å²) in [6, 6.07) is -0.802. The number of aliphatic hydroxyl groups is 5. The molecule has 78 valence electrons. The van der Waals surface area contributed by atoms with Gasteiger partial charge in [-0.3, -0.25) is 0 Å². The van der Waals surface area contributed by atoms with Crippen LogP contribution in [0.25, 0.3) is 0 Å². The van der Waals surface area contributed by atoms with Gasteiger partial charge in [0.1, 0.15) is 12.2 Å². The molecular formula is C7H15NO5. The Kier molecular flexibility index (Phi) is 3.60. The van der Waals surface area contributed by atoms with Crippen LogP contribution in [0, 0.1) is 0 Å². The third-order valence-electron chi connectivity index (χ3n) is 2.28. The van der Waals surface area contributed by atoms with Crippen LogP contribution in [0.5, 0.6) is 0 Å². The second kappa shape index (κ2) is 4.32. The van der Waals surface area contributed by atoms with E-state index in [0.29, 0.717) is 0 Å². The Labute approximate surface area is 75.4 Å². The van der Waals surface area contributed by atoms with Gasteiger partial charge in [-0.25, -0.2) is 0 Å². The highest BCUT2D eigenvalue weighted by Gasteiger charge is 2.39. The van der Waals surface area contributed by atoms with Crippen LogP contribution < -0.4 is 5.32 Å². The van der Waals surface area contributed by atoms with Crippen LogP contribution in [0.3, 0.4) is 0 Å². The number of hydrogen-bond acceptors (Lipinski definition) is 6. The van der Waals surface area contributed by atoms with Crippen molar-refractivity contribution in [2.45, 2.75) is 30.5 Å². The molecule has 0 bridgehead atoms. The molecule has 13 heavy (non-hydrogen) atoms. The second-order valence-corrected chi connectivity index (χ2v) is 3.23. The smallest absolute Gasteiger partial charge is 0.109 e. The minimum atomic E-state index is -1.28. The van der Waals surface area contributed by atoms with Crippen molar-refractivity contribution in [3.05, 3.63) is 0 Å². The lowest BCUT2D eigenvalue weighted by Gasteiger charge is -2.37. The van der Waals surface area contributed by atoms with Crippen molar-refractivity contribution < 1.29 is 25.5 Å². The molecule has 1 heterocycles. The van der Waals surface area contributed by atoms with E-state index in [-0.39, 0.29) is 6.54 Å². The Morgan fingerprint density at radius 1 is 1.23 bits per heavy atom. The summed E-state index contributed by atoms with van der Waals surface area (Å²) in [6.45, 7) is -0.419. The molecule has 5 unspecified atom stereocenters. The molecule has 0 aromatic carbocycles. The van der Waals surface area contributed by atoms with Crippen molar-refractivity contribution in [2.75, 3.05) is 13.2 Å². The summed E-state index contributed by atoms with van der Waals surface area (Å²) in [6.07, 6.45) is -4.74. The van der Waals surface area contributed by atoms with Crippen molar-refractivity contribution in [2.24, 2.45) is 0 Å². The zero-order chi connectivity index (χ0) is 10.0. The third-order valence-corrected chi connectivity index (χ3v) is 2.28. The predicted molar refractivity (Wildman–Crippen MR) is 42.9 cm³/mol. The normalized spacial score (nSPS) is 43.2. The maximum Gasteiger partial charge on any atom is 0.109 e. The summed E-state index contributed by atoms with van der Waals surface area (Å²) >= 11 is 0. The molecular weight excluding hydrogens is 178 g/mol. The van der Waals surface area contributed by atoms with Gasteiger partial charge in [0.15, 0.2) is 0 Å². The van der Waals surface area contributed by atoms with Crippen molar-refractivity contribution in [3.8, 4) is 0 Å². The van der Waals surface area contributed by atoms with E-state index in [1.807, 2.05) is 0 Å². The largest absolute Gasteiger partial charge is 0.394 e. The van der Waals surface area contributed by atoms with Crippen LogP contribution >= 0.6 is 0 Å². The fourth-order valence-electron chi connectivity index (χ4n) is 1.42. The molecule has 0 amide bonds. The fraction of sp³-hybridized carbons (Fsp3) is 1.00. The highest BCUT2D eigenvalue weighted by molar-refractivity contribution is 4.95. The third kappa shape index (κ3) is 2.16. The Bertz CT molecular complexity index is 167. The lowest BCUT2D eigenvalue weighted by molar-refractivity contribution is -0.118. The molecule has 0 aliphatic carbocycles. The monoisotopic (exact) mass is 193 g/mol. The standard InChI is InChI=1S/C7H15NO5/c9-2-4(11)5-7(13)6(12)3(10)1-8-5/h3-13H,1-2H2. The van der Waals surface area contributed by atoms with Gasteiger partial charge in [0.25, 0.3) is 0 Å². The Balaban J connectivity index is 2.58. The maximum absolute atomic E-state index is 9.37. The van der Waals surface area contributed by atoms with E-state index in [1.54, 1.807) is 0 Å². The summed E-state index contributed by atoms with van der Waals surface area (Å²) in [7, 11) is 0. The minimum Gasteiger partial charge on any atom is -0.394 e. The lowest BCUT2D eigenvalue weighted by Crippen LogP contribution is -2.63. The Morgan fingerprint density at radius 2 is 1.85 bits per heavy atom. The van der Waals surface area contributed by atoms with E-state index in [2.05, 4.69) is 5.32 Å². The molecule has 6 N–H and O–H groups in total. The molecule has 0 spiro atoms. The van der Waals surface area contributed by atoms with Gasteiger partial charge in [-0.15, -0.1) is 0 Å². The van der Waals surface area contributed by atoms with Crippen molar-refractivity contribution in [1.82, 2.24) is 5.32 Å². The van der Waals surface area contributed by atoms with E-state index >= 15 is 0 Å². The summed E-state index contributed by atoms with van der Waals surface area (Å²) < 4.78 is 0. The summed E-state index contributed by atoms with van der Waals surface area (Å²) in [4.78, 5) is 0. The van der Waals surface area contributed by atoms with E-state index in [4.69, 9.17) is 10.2 Å². The molecule has 1 fully saturated rings. The zero-order valence-corrected chi connectivity index (χ0v) is 7.04. The molecule has 0 radical (unpaired) electrons. The first-order valence-electron chi connectivity index (χ1n) is 4.14. The van der Waals surface area contributed by atoms with Gasteiger partial charge >= 0.3 is 0 Å². The number of rotatable bonds is 2. The molecule has 6 heteroatoms. The Morgan fingerprint density at radius 3 is 2.38 bits per heavy atom. The second-order valence-electron chi connectivity index (χ2n) is 3.23. The highest BCUT2D eigenvalue weighted by Crippen LogP contribution is 2.13. The van der Waals surface area contributed by atoms with Crippen LogP contribution in [0.4, 0.5) is 0 Å². The summed E-state index contributed by atoms with van der Waals surface area (Å²) in [5.74, 6) is 0. The summed E-state index contributed by atoms with van der Waals surface area (Å²) in [5, 5.41) is 48.1. The van der Waals surface area contributed by atoms with Gasteiger partial charge in [-0.05, 0) is 0 Å². The molecule has 0 aromatic heterocycles. The number of aliphatic hydroxyl groups excluding tert-OH is 5. The average molecular weight is 193 g/mol. The quantitative estimate of drug-likeness (QED) is 0.270. The minimum absolute atomic E-state index is 0.0833. The average Bonchev–Trinajstić information content (AvgIpc) is 2.13. The molecule has 5 atom stereocenters. The van der Waals surface area contributed by atoms with Crippen molar-refractivity contribution >= 4 is 0 Å². The van der Waals surface area contributed by atoms with Crippen LogP contribution in [0.2, 0.25) is 0 Å². The van der Waals surface area contributed by atoms with Gasteiger partial charge < -0.3 is 30.8 Å². The first kappa shape index (κ1) is 10.8. The molecule has 1 saturated heterocycles.